The van der Waals surface area contributed by atoms with Crippen molar-refractivity contribution < 1.29 is 14.3 Å². The summed E-state index contributed by atoms with van der Waals surface area (Å²) in [5.74, 6) is -0.921. The van der Waals surface area contributed by atoms with Gasteiger partial charge in [0, 0.05) is 18.7 Å². The predicted octanol–water partition coefficient (Wildman–Crippen LogP) is 1.86. The largest absolute Gasteiger partial charge is 0.465 e. The molecule has 9 heteroatoms. The minimum atomic E-state index is -0.724. The van der Waals surface area contributed by atoms with Crippen molar-refractivity contribution in [3.05, 3.63) is 56.2 Å². The Labute approximate surface area is 174 Å². The maximum absolute atomic E-state index is 13.3. The van der Waals surface area contributed by atoms with E-state index in [-0.39, 0.29) is 35.4 Å². The quantitative estimate of drug-likeness (QED) is 0.663. The summed E-state index contributed by atoms with van der Waals surface area (Å²) in [7, 11) is 1.27. The van der Waals surface area contributed by atoms with Gasteiger partial charge in [-0.15, -0.1) is 0 Å². The van der Waals surface area contributed by atoms with E-state index in [9.17, 15) is 19.2 Å². The highest BCUT2D eigenvalue weighted by Crippen LogP contribution is 2.22. The van der Waals surface area contributed by atoms with Gasteiger partial charge in [0.05, 0.1) is 12.7 Å². The van der Waals surface area contributed by atoms with Crippen LogP contribution in [0.25, 0.3) is 0 Å². The minimum absolute atomic E-state index is 0.0209. The second kappa shape index (κ2) is 9.43. The lowest BCUT2D eigenvalue weighted by molar-refractivity contribution is 0.0600. The van der Waals surface area contributed by atoms with Crippen LogP contribution < -0.4 is 21.9 Å². The number of aromatic amines is 1. The lowest BCUT2D eigenvalue weighted by atomic mass is 10.1. The van der Waals surface area contributed by atoms with Crippen LogP contribution >= 0.6 is 0 Å². The van der Waals surface area contributed by atoms with Crippen LogP contribution in [0.3, 0.4) is 0 Å². The van der Waals surface area contributed by atoms with Crippen molar-refractivity contribution in [1.82, 2.24) is 9.55 Å². The zero-order valence-electron chi connectivity index (χ0n) is 17.9. The van der Waals surface area contributed by atoms with Gasteiger partial charge in [0.25, 0.3) is 11.5 Å². The van der Waals surface area contributed by atoms with Gasteiger partial charge in [-0.3, -0.25) is 19.1 Å². The fourth-order valence-corrected chi connectivity index (χ4v) is 3.05. The summed E-state index contributed by atoms with van der Waals surface area (Å²) in [6.07, 6.45) is 0. The second-order valence-electron chi connectivity index (χ2n) is 7.88. The number of esters is 1. The zero-order chi connectivity index (χ0) is 22.6. The van der Waals surface area contributed by atoms with Crippen LogP contribution in [0.1, 0.15) is 48.4 Å². The maximum atomic E-state index is 13.3. The highest BCUT2D eigenvalue weighted by atomic mass is 16.5. The summed E-state index contributed by atoms with van der Waals surface area (Å²) in [5, 5.41) is 0. The van der Waals surface area contributed by atoms with Crippen molar-refractivity contribution in [2.45, 2.75) is 34.2 Å². The number of ether oxygens (including phenoxy) is 1. The normalized spacial score (nSPS) is 11.0. The Hall–Kier alpha value is -3.36. The molecule has 2 rings (SSSR count). The first-order chi connectivity index (χ1) is 14.1. The number of hydrogen-bond donors (Lipinski definition) is 2. The molecule has 1 aromatic carbocycles. The molecule has 1 heterocycles. The number of nitrogen functional groups attached to an aromatic ring is 1. The van der Waals surface area contributed by atoms with Crippen LogP contribution in [-0.4, -0.2) is 35.1 Å². The van der Waals surface area contributed by atoms with E-state index in [4.69, 9.17) is 5.73 Å². The van der Waals surface area contributed by atoms with Crippen molar-refractivity contribution in [3.63, 3.8) is 0 Å². The smallest absolute Gasteiger partial charge is 0.337 e. The molecule has 0 radical (unpaired) electrons. The molecule has 162 valence electrons. The van der Waals surface area contributed by atoms with Crippen LogP contribution in [0.5, 0.6) is 0 Å². The van der Waals surface area contributed by atoms with Crippen LogP contribution in [0.15, 0.2) is 33.9 Å². The van der Waals surface area contributed by atoms with Gasteiger partial charge in [-0.05, 0) is 36.1 Å². The van der Waals surface area contributed by atoms with Gasteiger partial charge in [0.15, 0.2) is 5.69 Å². The number of aromatic nitrogens is 2. The molecular weight excluding hydrogens is 388 g/mol. The summed E-state index contributed by atoms with van der Waals surface area (Å²) >= 11 is 0. The third-order valence-corrected chi connectivity index (χ3v) is 4.38. The van der Waals surface area contributed by atoms with Gasteiger partial charge in [-0.2, -0.15) is 0 Å². The van der Waals surface area contributed by atoms with Crippen LogP contribution in [0.4, 0.5) is 11.5 Å². The van der Waals surface area contributed by atoms with E-state index in [2.05, 4.69) is 9.72 Å². The summed E-state index contributed by atoms with van der Waals surface area (Å²) < 4.78 is 5.93. The van der Waals surface area contributed by atoms with Gasteiger partial charge < -0.3 is 15.4 Å². The van der Waals surface area contributed by atoms with Gasteiger partial charge in [0.1, 0.15) is 5.82 Å². The van der Waals surface area contributed by atoms with E-state index in [1.165, 1.54) is 40.8 Å². The van der Waals surface area contributed by atoms with Gasteiger partial charge in [-0.25, -0.2) is 9.59 Å². The van der Waals surface area contributed by atoms with E-state index >= 15 is 0 Å². The average molecular weight is 416 g/mol. The van der Waals surface area contributed by atoms with Crippen LogP contribution in [-0.2, 0) is 11.3 Å². The first-order valence-corrected chi connectivity index (χ1v) is 9.69. The van der Waals surface area contributed by atoms with E-state index in [0.29, 0.717) is 12.1 Å². The number of nitrogens with two attached hydrogens (primary N) is 1. The molecule has 2 aromatic rings. The summed E-state index contributed by atoms with van der Waals surface area (Å²) in [6, 6.07) is 5.91. The molecule has 0 bridgehead atoms. The van der Waals surface area contributed by atoms with Crippen molar-refractivity contribution in [3.8, 4) is 0 Å². The number of amides is 1. The maximum Gasteiger partial charge on any atom is 0.337 e. The van der Waals surface area contributed by atoms with E-state index < -0.39 is 23.1 Å². The molecule has 0 aliphatic rings. The number of carbonyl (C=O) groups excluding carboxylic acids is 2. The minimum Gasteiger partial charge on any atom is -0.465 e. The van der Waals surface area contributed by atoms with Crippen molar-refractivity contribution in [1.29, 1.82) is 0 Å². The van der Waals surface area contributed by atoms with Crippen molar-refractivity contribution in [2.75, 3.05) is 24.3 Å². The molecule has 0 spiro atoms. The molecule has 0 saturated carbocycles. The van der Waals surface area contributed by atoms with Crippen molar-refractivity contribution in [2.24, 2.45) is 11.8 Å². The molecule has 0 atom stereocenters. The number of nitrogens with zero attached hydrogens (tertiary/aromatic N) is 2. The Morgan fingerprint density at radius 1 is 1.07 bits per heavy atom. The Bertz CT molecular complexity index is 1030. The molecule has 0 unspecified atom stereocenters. The fourth-order valence-electron chi connectivity index (χ4n) is 3.05. The Morgan fingerprint density at radius 2 is 1.63 bits per heavy atom. The third-order valence-electron chi connectivity index (χ3n) is 4.38. The number of methoxy groups -OCH3 is 1. The number of benzene rings is 1. The standard InChI is InChI=1S/C21H28N4O5/c1-12(2)10-24(19(27)14-6-8-15(9-7-14)20(28)30-5)16-17(22)25(11-13(3)4)21(29)23-18(16)26/h6-9,12-13H,10-11,22H2,1-5H3,(H,23,26,29). The van der Waals surface area contributed by atoms with Gasteiger partial charge in [-0.1, -0.05) is 27.7 Å². The number of hydrogen-bond acceptors (Lipinski definition) is 6. The topological polar surface area (TPSA) is 127 Å². The first-order valence-electron chi connectivity index (χ1n) is 9.69. The van der Waals surface area contributed by atoms with Crippen LogP contribution in [0, 0.1) is 11.8 Å². The van der Waals surface area contributed by atoms with E-state index in [1.54, 1.807) is 0 Å². The molecule has 0 saturated heterocycles. The van der Waals surface area contributed by atoms with E-state index in [1.807, 2.05) is 27.7 Å². The molecule has 9 nitrogen and oxygen atoms in total. The number of nitrogens with one attached hydrogen (secondary N) is 1. The summed E-state index contributed by atoms with van der Waals surface area (Å²) in [5.41, 5.74) is 5.36. The molecule has 0 aliphatic heterocycles. The molecule has 0 fully saturated rings. The molecule has 1 amide bonds. The number of carbonyl (C=O) groups is 2. The first kappa shape index (κ1) is 22.9. The average Bonchev–Trinajstić information content (AvgIpc) is 2.68. The summed E-state index contributed by atoms with van der Waals surface area (Å²) in [4.78, 5) is 53.3. The molecular formula is C21H28N4O5. The van der Waals surface area contributed by atoms with Crippen LogP contribution in [0.2, 0.25) is 0 Å². The van der Waals surface area contributed by atoms with Gasteiger partial charge >= 0.3 is 11.7 Å². The predicted molar refractivity (Wildman–Crippen MR) is 115 cm³/mol. The van der Waals surface area contributed by atoms with E-state index in [0.717, 1.165) is 0 Å². The fraction of sp³-hybridized carbons (Fsp3) is 0.429. The highest BCUT2D eigenvalue weighted by molar-refractivity contribution is 6.07. The summed E-state index contributed by atoms with van der Waals surface area (Å²) in [6.45, 7) is 8.13. The molecule has 3 N–H and O–H groups in total. The number of rotatable bonds is 7. The Kier molecular flexibility index (Phi) is 7.20. The Morgan fingerprint density at radius 3 is 2.13 bits per heavy atom. The van der Waals surface area contributed by atoms with Crippen molar-refractivity contribution >= 4 is 23.4 Å². The SMILES string of the molecule is COC(=O)c1ccc(C(=O)N(CC(C)C)c2c(N)n(CC(C)C)c(=O)[nH]c2=O)cc1. The molecule has 30 heavy (non-hydrogen) atoms. The highest BCUT2D eigenvalue weighted by Gasteiger charge is 2.26. The van der Waals surface area contributed by atoms with Gasteiger partial charge in [0.2, 0.25) is 0 Å². The number of H-pyrrole nitrogens is 1. The monoisotopic (exact) mass is 416 g/mol. The molecule has 1 aromatic heterocycles. The second-order valence-corrected chi connectivity index (χ2v) is 7.88. The lowest BCUT2D eigenvalue weighted by Crippen LogP contribution is -2.43. The Balaban J connectivity index is 2.58. The lowest BCUT2D eigenvalue weighted by Gasteiger charge is -2.26. The molecule has 0 aliphatic carbocycles. The zero-order valence-corrected chi connectivity index (χ0v) is 17.9. The third kappa shape index (κ3) is 4.97. The number of anilines is 2.